The van der Waals surface area contributed by atoms with Crippen LogP contribution in [0.25, 0.3) is 0 Å². The second-order valence-electron chi connectivity index (χ2n) is 3.34. The highest BCUT2D eigenvalue weighted by molar-refractivity contribution is 7.99. The van der Waals surface area contributed by atoms with Gasteiger partial charge in [-0.15, -0.1) is 0 Å². The van der Waals surface area contributed by atoms with Crippen molar-refractivity contribution in [2.45, 2.75) is 17.0 Å². The fraction of sp³-hybridized carbons (Fsp3) is 0.0833. The first-order valence-electron chi connectivity index (χ1n) is 4.86. The number of halogens is 1. The Kier molecular flexibility index (Phi) is 3.62. The Morgan fingerprint density at radius 1 is 1.41 bits per heavy atom. The van der Waals surface area contributed by atoms with E-state index in [0.717, 1.165) is 10.7 Å². The molecule has 2 rings (SSSR count). The lowest BCUT2D eigenvalue weighted by atomic mass is 10.2. The van der Waals surface area contributed by atoms with Gasteiger partial charge in [-0.05, 0) is 43.0 Å². The molecule has 0 aliphatic heterocycles. The molecule has 0 saturated carbocycles. The maximum Gasteiger partial charge on any atom is 0.121 e. The van der Waals surface area contributed by atoms with Crippen LogP contribution in [0.1, 0.15) is 11.3 Å². The quantitative estimate of drug-likeness (QED) is 0.831. The number of rotatable bonds is 2. The highest BCUT2D eigenvalue weighted by Crippen LogP contribution is 2.30. The molecule has 0 saturated heterocycles. The summed E-state index contributed by atoms with van der Waals surface area (Å²) in [5.41, 5.74) is 1.39. The Balaban J connectivity index is 2.34. The van der Waals surface area contributed by atoms with Gasteiger partial charge >= 0.3 is 0 Å². The van der Waals surface area contributed by atoms with E-state index in [1.54, 1.807) is 30.5 Å². The Morgan fingerprint density at radius 2 is 2.24 bits per heavy atom. The smallest absolute Gasteiger partial charge is 0.121 e. The molecular weight excluding hydrogens is 254 g/mol. The van der Waals surface area contributed by atoms with E-state index in [-0.39, 0.29) is 0 Å². The average molecular weight is 262 g/mol. The molecular formula is C12H8ClN3S. The van der Waals surface area contributed by atoms with Gasteiger partial charge in [0.05, 0.1) is 16.7 Å². The molecule has 84 valence electrons. The van der Waals surface area contributed by atoms with Crippen LogP contribution in [0, 0.1) is 18.3 Å². The van der Waals surface area contributed by atoms with Crippen molar-refractivity contribution < 1.29 is 0 Å². The Morgan fingerprint density at radius 3 is 2.94 bits per heavy atom. The molecule has 0 aromatic carbocycles. The zero-order valence-corrected chi connectivity index (χ0v) is 10.6. The summed E-state index contributed by atoms with van der Waals surface area (Å²) in [7, 11) is 0. The van der Waals surface area contributed by atoms with Gasteiger partial charge in [-0.25, -0.2) is 9.97 Å². The van der Waals surface area contributed by atoms with Crippen LogP contribution in [-0.4, -0.2) is 9.97 Å². The lowest BCUT2D eigenvalue weighted by molar-refractivity contribution is 1.04. The van der Waals surface area contributed by atoms with Gasteiger partial charge in [0.25, 0.3) is 0 Å². The molecule has 0 aliphatic rings. The van der Waals surface area contributed by atoms with Crippen molar-refractivity contribution >= 4 is 23.4 Å². The fourth-order valence-corrected chi connectivity index (χ4v) is 2.39. The van der Waals surface area contributed by atoms with E-state index >= 15 is 0 Å². The van der Waals surface area contributed by atoms with Gasteiger partial charge < -0.3 is 0 Å². The van der Waals surface area contributed by atoms with Crippen LogP contribution in [0.3, 0.4) is 0 Å². The number of hydrogen-bond acceptors (Lipinski definition) is 4. The summed E-state index contributed by atoms with van der Waals surface area (Å²) in [5, 5.41) is 10.9. The SMILES string of the molecule is Cc1cc(C#N)cc(Sc2ncccc2Cl)n1. The molecule has 0 fully saturated rings. The molecule has 17 heavy (non-hydrogen) atoms. The number of nitriles is 1. The highest BCUT2D eigenvalue weighted by Gasteiger charge is 2.06. The summed E-state index contributed by atoms with van der Waals surface area (Å²) in [6.45, 7) is 1.85. The largest absolute Gasteiger partial charge is 0.248 e. The van der Waals surface area contributed by atoms with Crippen LogP contribution in [0.15, 0.2) is 40.5 Å². The Hall–Kier alpha value is -1.57. The molecule has 5 heteroatoms. The van der Waals surface area contributed by atoms with Crippen LogP contribution in [0.2, 0.25) is 5.02 Å². The van der Waals surface area contributed by atoms with Crippen LogP contribution >= 0.6 is 23.4 Å². The fourth-order valence-electron chi connectivity index (χ4n) is 1.30. The van der Waals surface area contributed by atoms with Gasteiger partial charge in [-0.1, -0.05) is 11.6 Å². The van der Waals surface area contributed by atoms with Crippen LogP contribution in [-0.2, 0) is 0 Å². The van der Waals surface area contributed by atoms with Crippen molar-refractivity contribution in [1.82, 2.24) is 9.97 Å². The molecule has 0 spiro atoms. The molecule has 0 amide bonds. The first-order valence-corrected chi connectivity index (χ1v) is 6.05. The minimum absolute atomic E-state index is 0.583. The molecule has 0 aliphatic carbocycles. The zero-order valence-electron chi connectivity index (χ0n) is 9.01. The normalized spacial score (nSPS) is 9.94. The van der Waals surface area contributed by atoms with Gasteiger partial charge in [0.2, 0.25) is 0 Å². The molecule has 0 unspecified atom stereocenters. The Labute approximate surface area is 108 Å². The molecule has 0 atom stereocenters. The van der Waals surface area contributed by atoms with Crippen molar-refractivity contribution in [3.63, 3.8) is 0 Å². The monoisotopic (exact) mass is 261 g/mol. The summed E-state index contributed by atoms with van der Waals surface area (Å²) in [6, 6.07) is 9.12. The van der Waals surface area contributed by atoms with Crippen LogP contribution in [0.5, 0.6) is 0 Å². The molecule has 3 nitrogen and oxygen atoms in total. The van der Waals surface area contributed by atoms with Crippen LogP contribution < -0.4 is 0 Å². The maximum atomic E-state index is 8.88. The predicted octanol–water partition coefficient (Wildman–Crippen LogP) is 3.46. The third-order valence-corrected chi connectivity index (χ3v) is 3.34. The first-order chi connectivity index (χ1) is 8.19. The van der Waals surface area contributed by atoms with Gasteiger partial charge in [0.15, 0.2) is 0 Å². The topological polar surface area (TPSA) is 49.6 Å². The lowest BCUT2D eigenvalue weighted by Crippen LogP contribution is -1.88. The maximum absolute atomic E-state index is 8.88. The number of hydrogen-bond donors (Lipinski definition) is 0. The molecule has 2 heterocycles. The van der Waals surface area contributed by atoms with Crippen molar-refractivity contribution in [1.29, 1.82) is 5.26 Å². The van der Waals surface area contributed by atoms with Crippen molar-refractivity contribution in [2.75, 3.05) is 0 Å². The van der Waals surface area contributed by atoms with Gasteiger partial charge in [0, 0.05) is 11.9 Å². The predicted molar refractivity (Wildman–Crippen MR) is 67.1 cm³/mol. The summed E-state index contributed by atoms with van der Waals surface area (Å²) >= 11 is 7.36. The summed E-state index contributed by atoms with van der Waals surface area (Å²) in [6.07, 6.45) is 1.68. The van der Waals surface area contributed by atoms with Crippen LogP contribution in [0.4, 0.5) is 0 Å². The standard InChI is InChI=1S/C12H8ClN3S/c1-8-5-9(7-14)6-11(16-8)17-12-10(13)3-2-4-15-12/h2-6H,1H3. The molecule has 0 radical (unpaired) electrons. The van der Waals surface area contributed by atoms with Gasteiger partial charge in [-0.3, -0.25) is 0 Å². The van der Waals surface area contributed by atoms with E-state index in [2.05, 4.69) is 16.0 Å². The highest BCUT2D eigenvalue weighted by atomic mass is 35.5. The van der Waals surface area contributed by atoms with E-state index in [9.17, 15) is 0 Å². The second-order valence-corrected chi connectivity index (χ2v) is 4.76. The summed E-state index contributed by atoms with van der Waals surface area (Å²) in [5.74, 6) is 0. The van der Waals surface area contributed by atoms with Gasteiger partial charge in [0.1, 0.15) is 10.1 Å². The Bertz CT molecular complexity index is 593. The minimum atomic E-state index is 0.583. The van der Waals surface area contributed by atoms with E-state index in [4.69, 9.17) is 16.9 Å². The van der Waals surface area contributed by atoms with E-state index in [1.165, 1.54) is 11.8 Å². The van der Waals surface area contributed by atoms with Crippen molar-refractivity contribution in [3.05, 3.63) is 46.7 Å². The third-order valence-electron chi connectivity index (χ3n) is 1.98. The van der Waals surface area contributed by atoms with E-state index in [0.29, 0.717) is 15.6 Å². The average Bonchev–Trinajstić information content (AvgIpc) is 2.31. The number of nitrogens with zero attached hydrogens (tertiary/aromatic N) is 3. The second kappa shape index (κ2) is 5.17. The summed E-state index contributed by atoms with van der Waals surface area (Å²) in [4.78, 5) is 8.50. The zero-order chi connectivity index (χ0) is 12.3. The number of aryl methyl sites for hydroxylation is 1. The first kappa shape index (κ1) is 11.9. The molecule has 0 N–H and O–H groups in total. The van der Waals surface area contributed by atoms with E-state index in [1.807, 2.05) is 6.92 Å². The van der Waals surface area contributed by atoms with E-state index < -0.39 is 0 Å². The minimum Gasteiger partial charge on any atom is -0.248 e. The van der Waals surface area contributed by atoms with Gasteiger partial charge in [-0.2, -0.15) is 5.26 Å². The molecule has 2 aromatic heterocycles. The number of aromatic nitrogens is 2. The number of pyridine rings is 2. The molecule has 2 aromatic rings. The van der Waals surface area contributed by atoms with Crippen molar-refractivity contribution in [3.8, 4) is 6.07 Å². The third kappa shape index (κ3) is 2.96. The summed E-state index contributed by atoms with van der Waals surface area (Å²) < 4.78 is 0. The lowest BCUT2D eigenvalue weighted by Gasteiger charge is -2.03. The van der Waals surface area contributed by atoms with Crippen molar-refractivity contribution in [2.24, 2.45) is 0 Å². The molecule has 0 bridgehead atoms.